The van der Waals surface area contributed by atoms with Crippen molar-refractivity contribution in [3.05, 3.63) is 113 Å². The zero-order chi connectivity index (χ0) is 24.1. The van der Waals surface area contributed by atoms with Crippen molar-refractivity contribution in [2.45, 2.75) is 20.5 Å². The number of hydrogen-bond donors (Lipinski definition) is 1. The van der Waals surface area contributed by atoms with E-state index in [-0.39, 0.29) is 11.3 Å². The number of anilines is 1. The lowest BCUT2D eigenvalue weighted by Crippen LogP contribution is -2.14. The Morgan fingerprint density at radius 1 is 1.00 bits per heavy atom. The number of carbonyl (C=O) groups is 1. The molecule has 0 heterocycles. The van der Waals surface area contributed by atoms with Gasteiger partial charge in [0.15, 0.2) is 0 Å². The van der Waals surface area contributed by atoms with Crippen LogP contribution in [0.1, 0.15) is 22.3 Å². The monoisotopic (exact) mass is 450 g/mol. The van der Waals surface area contributed by atoms with E-state index >= 15 is 0 Å². The maximum absolute atomic E-state index is 14.0. The van der Waals surface area contributed by atoms with Crippen LogP contribution in [0, 0.1) is 31.0 Å². The van der Waals surface area contributed by atoms with Crippen LogP contribution in [-0.4, -0.2) is 5.91 Å². The molecule has 0 radical (unpaired) electrons. The van der Waals surface area contributed by atoms with E-state index in [2.05, 4.69) is 31.3 Å². The number of rotatable bonds is 6. The largest absolute Gasteiger partial charge is 0.488 e. The quantitative estimate of drug-likeness (QED) is 0.262. The number of hydrogen-bond acceptors (Lipinski definition) is 3. The first kappa shape index (κ1) is 22.8. The zero-order valence-corrected chi connectivity index (χ0v) is 18.9. The van der Waals surface area contributed by atoms with Gasteiger partial charge in [-0.3, -0.25) is 4.79 Å². The molecule has 0 aromatic heterocycles. The van der Waals surface area contributed by atoms with Crippen LogP contribution in [0.15, 0.2) is 84.4 Å². The molecule has 0 bridgehead atoms. The molecule has 0 aliphatic rings. The number of halogens is 1. The minimum Gasteiger partial charge on any atom is -0.488 e. The number of nitriles is 1. The van der Waals surface area contributed by atoms with Crippen LogP contribution in [0.5, 0.6) is 5.75 Å². The molecule has 4 rings (SSSR count). The molecule has 0 aliphatic heterocycles. The third-order valence-electron chi connectivity index (χ3n) is 5.67. The number of amides is 1. The van der Waals surface area contributed by atoms with Crippen molar-refractivity contribution >= 4 is 28.4 Å². The predicted molar refractivity (Wildman–Crippen MR) is 133 cm³/mol. The third-order valence-corrected chi connectivity index (χ3v) is 5.67. The van der Waals surface area contributed by atoms with E-state index < -0.39 is 11.7 Å². The van der Waals surface area contributed by atoms with Crippen LogP contribution in [0.25, 0.3) is 16.8 Å². The summed E-state index contributed by atoms with van der Waals surface area (Å²) < 4.78 is 20.1. The van der Waals surface area contributed by atoms with Gasteiger partial charge in [-0.15, -0.1) is 0 Å². The second-order valence-corrected chi connectivity index (χ2v) is 8.01. The first-order valence-corrected chi connectivity index (χ1v) is 10.8. The molecule has 0 saturated heterocycles. The maximum atomic E-state index is 14.0. The van der Waals surface area contributed by atoms with Crippen molar-refractivity contribution in [3.63, 3.8) is 0 Å². The van der Waals surface area contributed by atoms with E-state index in [0.29, 0.717) is 17.9 Å². The minimum absolute atomic E-state index is 0.0118. The average Bonchev–Trinajstić information content (AvgIpc) is 2.85. The summed E-state index contributed by atoms with van der Waals surface area (Å²) in [6.07, 6.45) is 1.49. The van der Waals surface area contributed by atoms with Gasteiger partial charge in [0.05, 0.1) is 5.69 Å². The summed E-state index contributed by atoms with van der Waals surface area (Å²) in [4.78, 5) is 12.8. The summed E-state index contributed by atoms with van der Waals surface area (Å²) in [6, 6.07) is 25.3. The molecule has 4 nitrogen and oxygen atoms in total. The molecule has 4 aromatic carbocycles. The molecule has 5 heteroatoms. The lowest BCUT2D eigenvalue weighted by Gasteiger charge is -2.14. The molecule has 0 aliphatic carbocycles. The van der Waals surface area contributed by atoms with Gasteiger partial charge in [0.1, 0.15) is 29.8 Å². The summed E-state index contributed by atoms with van der Waals surface area (Å²) in [5, 5.41) is 14.0. The molecule has 4 aromatic rings. The highest BCUT2D eigenvalue weighted by atomic mass is 19.1. The average molecular weight is 451 g/mol. The highest BCUT2D eigenvalue weighted by molar-refractivity contribution is 6.11. The Morgan fingerprint density at radius 2 is 1.76 bits per heavy atom. The van der Waals surface area contributed by atoms with Crippen LogP contribution in [0.3, 0.4) is 0 Å². The van der Waals surface area contributed by atoms with Gasteiger partial charge in [0.2, 0.25) is 0 Å². The summed E-state index contributed by atoms with van der Waals surface area (Å²) in [5.41, 5.74) is 3.87. The van der Waals surface area contributed by atoms with Crippen molar-refractivity contribution in [3.8, 4) is 11.8 Å². The smallest absolute Gasteiger partial charge is 0.266 e. The minimum atomic E-state index is -0.694. The van der Waals surface area contributed by atoms with Gasteiger partial charge in [0.25, 0.3) is 5.91 Å². The number of ether oxygens (including phenoxy) is 1. The molecule has 1 N–H and O–H groups in total. The van der Waals surface area contributed by atoms with Crippen molar-refractivity contribution in [2.75, 3.05) is 5.32 Å². The lowest BCUT2D eigenvalue weighted by atomic mass is 10.0. The van der Waals surface area contributed by atoms with Crippen molar-refractivity contribution in [1.82, 2.24) is 0 Å². The molecule has 168 valence electrons. The fourth-order valence-corrected chi connectivity index (χ4v) is 3.65. The molecule has 0 unspecified atom stereocenters. The van der Waals surface area contributed by atoms with Gasteiger partial charge in [-0.05, 0) is 65.6 Å². The van der Waals surface area contributed by atoms with Crippen LogP contribution in [0.4, 0.5) is 10.1 Å². The Labute approximate surface area is 197 Å². The molecule has 0 atom stereocenters. The molecule has 0 spiro atoms. The Bertz CT molecular complexity index is 1450. The van der Waals surface area contributed by atoms with E-state index in [1.165, 1.54) is 35.4 Å². The first-order valence-electron chi connectivity index (χ1n) is 10.8. The summed E-state index contributed by atoms with van der Waals surface area (Å²) >= 11 is 0. The van der Waals surface area contributed by atoms with Crippen molar-refractivity contribution in [1.29, 1.82) is 5.26 Å². The molecular formula is C29H23FN2O2. The number of para-hydroxylation sites is 1. The van der Waals surface area contributed by atoms with Crippen molar-refractivity contribution in [2.24, 2.45) is 0 Å². The molecule has 34 heavy (non-hydrogen) atoms. The fraction of sp³-hybridized carbons (Fsp3) is 0.103. The summed E-state index contributed by atoms with van der Waals surface area (Å²) in [7, 11) is 0. The van der Waals surface area contributed by atoms with Gasteiger partial charge in [-0.2, -0.15) is 5.26 Å². The van der Waals surface area contributed by atoms with E-state index in [4.69, 9.17) is 4.74 Å². The van der Waals surface area contributed by atoms with Gasteiger partial charge >= 0.3 is 0 Å². The Hall–Kier alpha value is -4.43. The van der Waals surface area contributed by atoms with Gasteiger partial charge in [-0.25, -0.2) is 4.39 Å². The van der Waals surface area contributed by atoms with Crippen LogP contribution in [0.2, 0.25) is 0 Å². The number of nitrogens with zero attached hydrogens (tertiary/aromatic N) is 1. The van der Waals surface area contributed by atoms with Gasteiger partial charge in [-0.1, -0.05) is 60.7 Å². The highest BCUT2D eigenvalue weighted by Crippen LogP contribution is 2.31. The molecule has 0 saturated carbocycles. The lowest BCUT2D eigenvalue weighted by molar-refractivity contribution is -0.112. The van der Waals surface area contributed by atoms with Crippen LogP contribution >= 0.6 is 0 Å². The number of nitrogens with one attached hydrogen (secondary N) is 1. The second kappa shape index (κ2) is 10.0. The van der Waals surface area contributed by atoms with E-state index in [0.717, 1.165) is 16.3 Å². The number of carbonyl (C=O) groups excluding carboxylic acids is 1. The zero-order valence-electron chi connectivity index (χ0n) is 18.9. The highest BCUT2D eigenvalue weighted by Gasteiger charge is 2.15. The van der Waals surface area contributed by atoms with Gasteiger partial charge < -0.3 is 10.1 Å². The number of aryl methyl sites for hydroxylation is 2. The normalized spacial score (nSPS) is 11.2. The standard InChI is InChI=1S/C29H23FN2O2/c1-19-11-12-21(15-20(19)2)18-34-28-14-13-22-7-3-4-8-24(22)25(28)16-23(17-31)29(33)32-27-10-6-5-9-26(27)30/h3-16H,18H2,1-2H3,(H,32,33)/b23-16+. The predicted octanol–water partition coefficient (Wildman–Crippen LogP) is 6.72. The third kappa shape index (κ3) is 4.97. The molecular weight excluding hydrogens is 427 g/mol. The van der Waals surface area contributed by atoms with Crippen LogP contribution < -0.4 is 10.1 Å². The Kier molecular flexibility index (Phi) is 6.70. The Morgan fingerprint density at radius 3 is 2.53 bits per heavy atom. The number of fused-ring (bicyclic) bond motifs is 1. The topological polar surface area (TPSA) is 62.1 Å². The van der Waals surface area contributed by atoms with E-state index in [1.807, 2.05) is 48.5 Å². The van der Waals surface area contributed by atoms with E-state index in [1.54, 1.807) is 6.07 Å². The Balaban J connectivity index is 1.70. The SMILES string of the molecule is Cc1ccc(COc2ccc3ccccc3c2/C=C(\C#N)C(=O)Nc2ccccc2F)cc1C. The summed E-state index contributed by atoms with van der Waals surface area (Å²) in [6.45, 7) is 4.45. The summed E-state index contributed by atoms with van der Waals surface area (Å²) in [5.74, 6) is -0.722. The second-order valence-electron chi connectivity index (χ2n) is 8.01. The van der Waals surface area contributed by atoms with Gasteiger partial charge in [0, 0.05) is 5.56 Å². The molecule has 1 amide bonds. The van der Waals surface area contributed by atoms with Crippen LogP contribution in [-0.2, 0) is 11.4 Å². The van der Waals surface area contributed by atoms with E-state index in [9.17, 15) is 14.4 Å². The van der Waals surface area contributed by atoms with Crippen molar-refractivity contribution < 1.29 is 13.9 Å². The molecule has 0 fully saturated rings. The maximum Gasteiger partial charge on any atom is 0.266 e. The fourth-order valence-electron chi connectivity index (χ4n) is 3.65. The first-order chi connectivity index (χ1) is 16.5. The number of benzene rings is 4.